The maximum Gasteiger partial charge on any atom is 0.410 e. The second-order valence-corrected chi connectivity index (χ2v) is 9.85. The zero-order chi connectivity index (χ0) is 20.2. The normalized spacial score (nSPS) is 22.3. The molecule has 2 aromatic carbocycles. The van der Waals surface area contributed by atoms with E-state index in [2.05, 4.69) is 12.1 Å². The van der Waals surface area contributed by atoms with E-state index in [9.17, 15) is 9.00 Å². The van der Waals surface area contributed by atoms with E-state index < -0.39 is 10.8 Å². The van der Waals surface area contributed by atoms with E-state index in [0.29, 0.717) is 13.0 Å². The Bertz CT molecular complexity index is 846. The Morgan fingerprint density at radius 1 is 1.03 bits per heavy atom. The van der Waals surface area contributed by atoms with Crippen LogP contribution in [0.1, 0.15) is 43.2 Å². The Morgan fingerprint density at radius 3 is 2.41 bits per heavy atom. The van der Waals surface area contributed by atoms with Gasteiger partial charge in [-0.05, 0) is 43.9 Å². The molecule has 0 N–H and O–H groups in total. The molecule has 0 radical (unpaired) electrons. The van der Waals surface area contributed by atoms with E-state index in [-0.39, 0.29) is 23.4 Å². The van der Waals surface area contributed by atoms with E-state index >= 15 is 0 Å². The molecular formula is C24H29NO3S. The summed E-state index contributed by atoms with van der Waals surface area (Å²) in [5.74, 6) is 0. The number of hydrogen-bond donors (Lipinski definition) is 0. The van der Waals surface area contributed by atoms with Crippen molar-refractivity contribution in [2.45, 2.75) is 67.7 Å². The molecule has 1 unspecified atom stereocenters. The average molecular weight is 412 g/mol. The Balaban J connectivity index is 1.65. The van der Waals surface area contributed by atoms with Crippen LogP contribution in [0.4, 0.5) is 4.79 Å². The van der Waals surface area contributed by atoms with E-state index in [1.54, 1.807) is 0 Å². The van der Waals surface area contributed by atoms with Crippen molar-refractivity contribution in [3.63, 3.8) is 0 Å². The second kappa shape index (κ2) is 9.12. The molecule has 1 saturated carbocycles. The molecule has 1 heterocycles. The van der Waals surface area contributed by atoms with Crippen LogP contribution in [0.2, 0.25) is 0 Å². The highest BCUT2D eigenvalue weighted by atomic mass is 32.2. The molecule has 3 atom stereocenters. The first-order valence-corrected chi connectivity index (χ1v) is 11.8. The SMILES string of the molecule is Cc1ccc([S@](=O)C(Cc2ccccc2)[C@H]2COC(=O)N2C2CCCCC2)cc1. The van der Waals surface area contributed by atoms with Crippen LogP contribution in [-0.4, -0.2) is 39.1 Å². The van der Waals surface area contributed by atoms with Crippen molar-refractivity contribution >= 4 is 16.9 Å². The lowest BCUT2D eigenvalue weighted by Gasteiger charge is -2.36. The number of amides is 1. The number of nitrogens with zero attached hydrogens (tertiary/aromatic N) is 1. The van der Waals surface area contributed by atoms with Crippen molar-refractivity contribution in [2.75, 3.05) is 6.61 Å². The molecule has 2 fully saturated rings. The first kappa shape index (κ1) is 20.1. The molecule has 4 rings (SSSR count). The van der Waals surface area contributed by atoms with Gasteiger partial charge in [0.15, 0.2) is 0 Å². The number of benzene rings is 2. The largest absolute Gasteiger partial charge is 0.447 e. The summed E-state index contributed by atoms with van der Waals surface area (Å²) < 4.78 is 19.2. The maximum absolute atomic E-state index is 13.7. The lowest BCUT2D eigenvalue weighted by molar-refractivity contribution is 0.131. The lowest BCUT2D eigenvalue weighted by Crippen LogP contribution is -2.50. The average Bonchev–Trinajstić information content (AvgIpc) is 3.14. The topological polar surface area (TPSA) is 46.6 Å². The summed E-state index contributed by atoms with van der Waals surface area (Å²) in [6.07, 6.45) is 5.97. The molecule has 0 spiro atoms. The Kier molecular flexibility index (Phi) is 6.34. The van der Waals surface area contributed by atoms with Gasteiger partial charge in [-0.25, -0.2) is 4.79 Å². The number of rotatable bonds is 6. The molecule has 2 aromatic rings. The van der Waals surface area contributed by atoms with Crippen LogP contribution in [0.3, 0.4) is 0 Å². The van der Waals surface area contributed by atoms with Gasteiger partial charge in [0.1, 0.15) is 6.61 Å². The predicted octanol–water partition coefficient (Wildman–Crippen LogP) is 4.87. The Morgan fingerprint density at radius 2 is 1.72 bits per heavy atom. The number of hydrogen-bond acceptors (Lipinski definition) is 3. The predicted molar refractivity (Wildman–Crippen MR) is 115 cm³/mol. The van der Waals surface area contributed by atoms with Gasteiger partial charge in [0, 0.05) is 10.9 Å². The fraction of sp³-hybridized carbons (Fsp3) is 0.458. The van der Waals surface area contributed by atoms with Crippen molar-refractivity contribution in [1.29, 1.82) is 0 Å². The third kappa shape index (κ3) is 4.55. The molecule has 2 aliphatic rings. The lowest BCUT2D eigenvalue weighted by atomic mass is 9.92. The van der Waals surface area contributed by atoms with Gasteiger partial charge in [0.2, 0.25) is 0 Å². The van der Waals surface area contributed by atoms with Crippen molar-refractivity contribution in [3.05, 3.63) is 65.7 Å². The fourth-order valence-corrected chi connectivity index (χ4v) is 6.15. The van der Waals surface area contributed by atoms with Gasteiger partial charge in [-0.15, -0.1) is 0 Å². The van der Waals surface area contributed by atoms with Crippen LogP contribution < -0.4 is 0 Å². The quantitative estimate of drug-likeness (QED) is 0.681. The van der Waals surface area contributed by atoms with Gasteiger partial charge in [-0.3, -0.25) is 9.11 Å². The minimum atomic E-state index is -1.23. The van der Waals surface area contributed by atoms with Crippen molar-refractivity contribution < 1.29 is 13.7 Å². The second-order valence-electron chi connectivity index (χ2n) is 8.18. The van der Waals surface area contributed by atoms with Gasteiger partial charge in [0.05, 0.1) is 22.1 Å². The highest BCUT2D eigenvalue weighted by molar-refractivity contribution is 7.85. The van der Waals surface area contributed by atoms with Crippen LogP contribution >= 0.6 is 0 Å². The zero-order valence-corrected chi connectivity index (χ0v) is 17.8. The first-order chi connectivity index (χ1) is 14.1. The zero-order valence-electron chi connectivity index (χ0n) is 17.0. The summed E-state index contributed by atoms with van der Waals surface area (Å²) in [5.41, 5.74) is 2.29. The van der Waals surface area contributed by atoms with Gasteiger partial charge >= 0.3 is 6.09 Å². The summed E-state index contributed by atoms with van der Waals surface area (Å²) in [6, 6.07) is 18.1. The number of aryl methyl sites for hydroxylation is 1. The molecule has 154 valence electrons. The molecule has 1 aliphatic heterocycles. The van der Waals surface area contributed by atoms with E-state index in [1.165, 1.54) is 6.42 Å². The third-order valence-corrected chi connectivity index (χ3v) is 7.92. The van der Waals surface area contributed by atoms with Crippen LogP contribution in [0.25, 0.3) is 0 Å². The van der Waals surface area contributed by atoms with Gasteiger partial charge in [-0.2, -0.15) is 0 Å². The summed E-state index contributed by atoms with van der Waals surface area (Å²) in [5, 5.41) is -0.200. The minimum Gasteiger partial charge on any atom is -0.447 e. The Hall–Kier alpha value is -2.14. The molecule has 5 heteroatoms. The number of carbonyl (C=O) groups excluding carboxylic acids is 1. The van der Waals surface area contributed by atoms with Gasteiger partial charge in [0.25, 0.3) is 0 Å². The molecule has 0 bridgehead atoms. The highest BCUT2D eigenvalue weighted by Gasteiger charge is 2.44. The van der Waals surface area contributed by atoms with E-state index in [4.69, 9.17) is 4.74 Å². The van der Waals surface area contributed by atoms with Crippen molar-refractivity contribution in [3.8, 4) is 0 Å². The first-order valence-electron chi connectivity index (χ1n) is 10.6. The summed E-state index contributed by atoms with van der Waals surface area (Å²) in [4.78, 5) is 15.4. The molecule has 29 heavy (non-hydrogen) atoms. The summed E-state index contributed by atoms with van der Waals surface area (Å²) in [7, 11) is -1.23. The van der Waals surface area contributed by atoms with Gasteiger partial charge < -0.3 is 4.74 Å². The molecule has 1 amide bonds. The monoisotopic (exact) mass is 411 g/mol. The maximum atomic E-state index is 13.7. The fourth-order valence-electron chi connectivity index (χ4n) is 4.56. The highest BCUT2D eigenvalue weighted by Crippen LogP contribution is 2.32. The van der Waals surface area contributed by atoms with E-state index in [1.807, 2.05) is 54.3 Å². The smallest absolute Gasteiger partial charge is 0.410 e. The van der Waals surface area contributed by atoms with Crippen LogP contribution in [0.5, 0.6) is 0 Å². The Labute approximate surface area is 175 Å². The van der Waals surface area contributed by atoms with Crippen LogP contribution in [0.15, 0.2) is 59.5 Å². The number of cyclic esters (lactones) is 1. The van der Waals surface area contributed by atoms with E-state index in [0.717, 1.165) is 41.7 Å². The molecule has 0 aromatic heterocycles. The molecule has 1 saturated heterocycles. The van der Waals surface area contributed by atoms with Crippen LogP contribution in [-0.2, 0) is 22.0 Å². The molecular weight excluding hydrogens is 382 g/mol. The third-order valence-electron chi connectivity index (χ3n) is 6.15. The minimum absolute atomic E-state index is 0.159. The molecule has 1 aliphatic carbocycles. The summed E-state index contributed by atoms with van der Waals surface area (Å²) >= 11 is 0. The van der Waals surface area contributed by atoms with Crippen LogP contribution in [0, 0.1) is 6.92 Å². The molecule has 4 nitrogen and oxygen atoms in total. The van der Waals surface area contributed by atoms with Crippen molar-refractivity contribution in [1.82, 2.24) is 4.90 Å². The van der Waals surface area contributed by atoms with Crippen molar-refractivity contribution in [2.24, 2.45) is 0 Å². The number of ether oxygens (including phenoxy) is 1. The summed E-state index contributed by atoms with van der Waals surface area (Å²) in [6.45, 7) is 2.35. The standard InChI is InChI=1S/C24H29NO3S/c1-18-12-14-21(15-13-18)29(27)23(16-19-8-4-2-5-9-19)22-17-28-24(26)25(22)20-10-6-3-7-11-20/h2,4-5,8-9,12-15,20,22-23H,3,6-7,10-11,16-17H2,1H3/t22-,23?,29+/m1/s1. The number of carbonyl (C=O) groups is 1. The van der Waals surface area contributed by atoms with Gasteiger partial charge in [-0.1, -0.05) is 67.3 Å².